The molecule has 2 aromatic rings. The van der Waals surface area contributed by atoms with Gasteiger partial charge in [-0.05, 0) is 12.1 Å². The molecule has 5 nitrogen and oxygen atoms in total. The highest BCUT2D eigenvalue weighted by atomic mass is 35.5. The Balaban J connectivity index is 2.37. The first-order valence-electron chi connectivity index (χ1n) is 5.83. The number of carboxylic acid groups (broad SMARTS) is 1. The minimum absolute atomic E-state index is 0.154. The van der Waals surface area contributed by atoms with Crippen LogP contribution in [-0.2, 0) is 0 Å². The van der Waals surface area contributed by atoms with Crippen LogP contribution >= 0.6 is 34.8 Å². The lowest BCUT2D eigenvalue weighted by molar-refractivity contribution is 0.0691. The van der Waals surface area contributed by atoms with Crippen molar-refractivity contribution in [3.05, 3.63) is 56.3 Å². The number of hydrogen-bond acceptors (Lipinski definition) is 4. The number of aromatic carboxylic acids is 1. The standard InChI is InChI=1S/C13H6Cl3F2N3O2/c14-8-10(9(15)12(16)20-11(8)13(22)23)21-19-4-5-6(17)2-1-3-7(5)18/h1-4H,(H,20,21)(H,22,23)/b19-4-. The minimum atomic E-state index is -1.43. The van der Waals surface area contributed by atoms with Crippen molar-refractivity contribution in [3.8, 4) is 0 Å². The average molecular weight is 381 g/mol. The third-order valence-electron chi connectivity index (χ3n) is 2.61. The quantitative estimate of drug-likeness (QED) is 0.466. The van der Waals surface area contributed by atoms with Gasteiger partial charge >= 0.3 is 5.97 Å². The third kappa shape index (κ3) is 3.69. The largest absolute Gasteiger partial charge is 0.476 e. The lowest BCUT2D eigenvalue weighted by atomic mass is 10.2. The van der Waals surface area contributed by atoms with E-state index in [4.69, 9.17) is 39.9 Å². The molecule has 0 bridgehead atoms. The number of rotatable bonds is 4. The summed E-state index contributed by atoms with van der Waals surface area (Å²) in [5, 5.41) is 11.7. The Hall–Kier alpha value is -1.96. The maximum Gasteiger partial charge on any atom is 0.356 e. The number of pyridine rings is 1. The number of benzene rings is 1. The molecule has 0 spiro atoms. The van der Waals surface area contributed by atoms with Crippen molar-refractivity contribution in [3.63, 3.8) is 0 Å². The Kier molecular flexibility index (Phi) is 5.35. The Morgan fingerprint density at radius 2 is 1.83 bits per heavy atom. The van der Waals surface area contributed by atoms with Crippen molar-refractivity contribution in [1.29, 1.82) is 0 Å². The van der Waals surface area contributed by atoms with E-state index >= 15 is 0 Å². The van der Waals surface area contributed by atoms with Crippen LogP contribution in [0.3, 0.4) is 0 Å². The zero-order valence-electron chi connectivity index (χ0n) is 10.9. The van der Waals surface area contributed by atoms with Gasteiger partial charge in [0.25, 0.3) is 0 Å². The zero-order chi connectivity index (χ0) is 17.1. The first-order valence-corrected chi connectivity index (χ1v) is 6.97. The molecule has 0 fully saturated rings. The van der Waals surface area contributed by atoms with E-state index in [0.29, 0.717) is 0 Å². The molecule has 1 aromatic carbocycles. The van der Waals surface area contributed by atoms with Crippen LogP contribution in [0.4, 0.5) is 14.5 Å². The van der Waals surface area contributed by atoms with Crippen molar-refractivity contribution in [2.75, 3.05) is 5.43 Å². The van der Waals surface area contributed by atoms with Crippen LogP contribution < -0.4 is 5.43 Å². The smallest absolute Gasteiger partial charge is 0.356 e. The molecule has 0 aliphatic carbocycles. The fourth-order valence-corrected chi connectivity index (χ4v) is 2.22. The van der Waals surface area contributed by atoms with E-state index in [9.17, 15) is 13.6 Å². The first kappa shape index (κ1) is 17.4. The third-order valence-corrected chi connectivity index (χ3v) is 3.72. The van der Waals surface area contributed by atoms with Crippen LogP contribution in [0, 0.1) is 11.6 Å². The van der Waals surface area contributed by atoms with Crippen molar-refractivity contribution >= 4 is 52.7 Å². The van der Waals surface area contributed by atoms with Crippen molar-refractivity contribution in [2.45, 2.75) is 0 Å². The summed E-state index contributed by atoms with van der Waals surface area (Å²) in [6.45, 7) is 0. The summed E-state index contributed by atoms with van der Waals surface area (Å²) < 4.78 is 26.9. The normalized spacial score (nSPS) is 11.0. The Morgan fingerprint density at radius 1 is 1.22 bits per heavy atom. The number of hydrogen-bond donors (Lipinski definition) is 2. The molecule has 0 saturated heterocycles. The summed E-state index contributed by atoms with van der Waals surface area (Å²) in [6.07, 6.45) is 0.853. The highest BCUT2D eigenvalue weighted by molar-refractivity contribution is 6.46. The molecule has 0 amide bonds. The van der Waals surface area contributed by atoms with Crippen LogP contribution in [0.25, 0.3) is 0 Å². The van der Waals surface area contributed by atoms with Crippen LogP contribution in [0.1, 0.15) is 16.1 Å². The van der Waals surface area contributed by atoms with E-state index in [1.807, 2.05) is 0 Å². The van der Waals surface area contributed by atoms with Gasteiger partial charge in [0.1, 0.15) is 21.7 Å². The Bertz CT molecular complexity index is 795. The van der Waals surface area contributed by atoms with Gasteiger partial charge in [-0.1, -0.05) is 40.9 Å². The highest BCUT2D eigenvalue weighted by Crippen LogP contribution is 2.36. The lowest BCUT2D eigenvalue weighted by Crippen LogP contribution is -2.05. The maximum absolute atomic E-state index is 13.4. The number of nitrogens with zero attached hydrogens (tertiary/aromatic N) is 2. The molecule has 0 aliphatic heterocycles. The molecule has 1 heterocycles. The fraction of sp³-hybridized carbons (Fsp3) is 0. The van der Waals surface area contributed by atoms with Crippen LogP contribution in [-0.4, -0.2) is 22.3 Å². The number of halogens is 5. The van der Waals surface area contributed by atoms with E-state index in [0.717, 1.165) is 18.3 Å². The summed E-state index contributed by atoms with van der Waals surface area (Å²) in [5.41, 5.74) is 1.21. The molecule has 10 heteroatoms. The molecule has 2 N–H and O–H groups in total. The van der Waals surface area contributed by atoms with Gasteiger partial charge in [0, 0.05) is 0 Å². The predicted molar refractivity (Wildman–Crippen MR) is 83.8 cm³/mol. The molecule has 0 saturated carbocycles. The van der Waals surface area contributed by atoms with Crippen molar-refractivity contribution < 1.29 is 18.7 Å². The summed E-state index contributed by atoms with van der Waals surface area (Å²) in [5.74, 6) is -3.08. The molecule has 1 aromatic heterocycles. The summed E-state index contributed by atoms with van der Waals surface area (Å²) in [7, 11) is 0. The Morgan fingerprint density at radius 3 is 2.39 bits per heavy atom. The molecule has 0 atom stereocenters. The van der Waals surface area contributed by atoms with E-state index < -0.39 is 28.9 Å². The minimum Gasteiger partial charge on any atom is -0.476 e. The zero-order valence-corrected chi connectivity index (χ0v) is 13.2. The number of carbonyl (C=O) groups is 1. The monoisotopic (exact) mass is 379 g/mol. The molecular formula is C13H6Cl3F2N3O2. The van der Waals surface area contributed by atoms with Crippen LogP contribution in [0.5, 0.6) is 0 Å². The number of anilines is 1. The molecule has 2 rings (SSSR count). The molecule has 0 unspecified atom stereocenters. The van der Waals surface area contributed by atoms with Crippen LogP contribution in [0.15, 0.2) is 23.3 Å². The molecule has 120 valence electrons. The molecule has 0 aliphatic rings. The fourth-order valence-electron chi connectivity index (χ4n) is 1.55. The summed E-state index contributed by atoms with van der Waals surface area (Å²) >= 11 is 17.4. The van der Waals surface area contributed by atoms with Gasteiger partial charge in [-0.3, -0.25) is 5.43 Å². The van der Waals surface area contributed by atoms with Gasteiger partial charge in [-0.15, -0.1) is 0 Å². The van der Waals surface area contributed by atoms with Gasteiger partial charge in [0.2, 0.25) is 0 Å². The molecular weight excluding hydrogens is 375 g/mol. The molecule has 0 radical (unpaired) electrons. The molecule has 23 heavy (non-hydrogen) atoms. The second-order valence-electron chi connectivity index (χ2n) is 4.06. The number of carboxylic acids is 1. The number of aromatic nitrogens is 1. The van der Waals surface area contributed by atoms with Gasteiger partial charge in [-0.25, -0.2) is 18.6 Å². The van der Waals surface area contributed by atoms with Gasteiger partial charge in [0.05, 0.1) is 17.5 Å². The summed E-state index contributed by atoms with van der Waals surface area (Å²) in [6, 6.07) is 3.30. The topological polar surface area (TPSA) is 74.6 Å². The number of nitrogens with one attached hydrogen (secondary N) is 1. The lowest BCUT2D eigenvalue weighted by Gasteiger charge is -2.09. The van der Waals surface area contributed by atoms with Gasteiger partial charge in [0.15, 0.2) is 10.8 Å². The second kappa shape index (κ2) is 7.08. The highest BCUT2D eigenvalue weighted by Gasteiger charge is 2.20. The van der Waals surface area contributed by atoms with E-state index in [-0.39, 0.29) is 20.9 Å². The maximum atomic E-state index is 13.4. The van der Waals surface area contributed by atoms with Gasteiger partial charge in [-0.2, -0.15) is 5.10 Å². The number of hydrazone groups is 1. The predicted octanol–water partition coefficient (Wildman–Crippen LogP) is 4.46. The van der Waals surface area contributed by atoms with Crippen molar-refractivity contribution in [2.24, 2.45) is 5.10 Å². The van der Waals surface area contributed by atoms with E-state index in [1.54, 1.807) is 0 Å². The van der Waals surface area contributed by atoms with Gasteiger partial charge < -0.3 is 5.11 Å². The Labute approximate surface area is 143 Å². The van der Waals surface area contributed by atoms with E-state index in [2.05, 4.69) is 15.5 Å². The SMILES string of the molecule is O=C(O)c1nc(Cl)c(Cl)c(N/N=C\c2c(F)cccc2F)c1Cl. The second-order valence-corrected chi connectivity index (χ2v) is 5.18. The first-order chi connectivity index (χ1) is 10.8. The van der Waals surface area contributed by atoms with E-state index in [1.165, 1.54) is 6.07 Å². The average Bonchev–Trinajstić information content (AvgIpc) is 2.48. The summed E-state index contributed by atoms with van der Waals surface area (Å²) in [4.78, 5) is 14.5. The van der Waals surface area contributed by atoms with Crippen molar-refractivity contribution in [1.82, 2.24) is 4.98 Å². The van der Waals surface area contributed by atoms with Crippen LogP contribution in [0.2, 0.25) is 15.2 Å².